The summed E-state index contributed by atoms with van der Waals surface area (Å²) < 4.78 is 0. The lowest BCUT2D eigenvalue weighted by molar-refractivity contribution is -0.145. The van der Waals surface area contributed by atoms with Gasteiger partial charge in [-0.15, -0.1) is 0 Å². The Hall–Kier alpha value is -0.610. The van der Waals surface area contributed by atoms with E-state index in [2.05, 4.69) is 32.6 Å². The number of carboxylic acid groups (broad SMARTS) is 1. The van der Waals surface area contributed by atoms with Crippen LogP contribution in [0.15, 0.2) is 0 Å². The molecule has 3 N–H and O–H groups in total. The van der Waals surface area contributed by atoms with Gasteiger partial charge in [-0.25, -0.2) is 0 Å². The highest BCUT2D eigenvalue weighted by molar-refractivity contribution is 5.73. The maximum absolute atomic E-state index is 11.4. The van der Waals surface area contributed by atoms with E-state index in [1.807, 2.05) is 0 Å². The van der Waals surface area contributed by atoms with Crippen molar-refractivity contribution in [1.29, 1.82) is 0 Å². The SMILES string of the molecule is CCC(C)N(C(C)C)C(CCCCN)C(=O)O. The molecule has 2 unspecified atom stereocenters. The van der Waals surface area contributed by atoms with E-state index in [0.29, 0.717) is 19.0 Å². The number of hydrogen-bond acceptors (Lipinski definition) is 3. The molecule has 0 spiro atoms. The Labute approximate surface area is 105 Å². The summed E-state index contributed by atoms with van der Waals surface area (Å²) in [6.07, 6.45) is 3.44. The normalized spacial score (nSPS) is 15.2. The average molecular weight is 244 g/mol. The molecule has 4 heteroatoms. The summed E-state index contributed by atoms with van der Waals surface area (Å²) in [7, 11) is 0. The maximum atomic E-state index is 11.4. The molecule has 0 rings (SSSR count). The zero-order valence-corrected chi connectivity index (χ0v) is 11.6. The molecule has 0 aromatic heterocycles. The van der Waals surface area contributed by atoms with Crippen molar-refractivity contribution in [2.75, 3.05) is 6.54 Å². The fourth-order valence-electron chi connectivity index (χ4n) is 2.27. The van der Waals surface area contributed by atoms with Crippen molar-refractivity contribution in [2.45, 2.75) is 71.5 Å². The van der Waals surface area contributed by atoms with Gasteiger partial charge >= 0.3 is 5.97 Å². The molecule has 4 nitrogen and oxygen atoms in total. The molecule has 102 valence electrons. The van der Waals surface area contributed by atoms with Crippen LogP contribution in [-0.2, 0) is 4.79 Å². The molecule has 0 fully saturated rings. The van der Waals surface area contributed by atoms with E-state index < -0.39 is 5.97 Å². The van der Waals surface area contributed by atoms with Crippen molar-refractivity contribution in [1.82, 2.24) is 4.90 Å². The Morgan fingerprint density at radius 3 is 2.24 bits per heavy atom. The molecule has 17 heavy (non-hydrogen) atoms. The molecule has 0 heterocycles. The topological polar surface area (TPSA) is 66.6 Å². The summed E-state index contributed by atoms with van der Waals surface area (Å²) in [6, 6.07) is 0.175. The molecule has 0 amide bonds. The lowest BCUT2D eigenvalue weighted by Gasteiger charge is -2.37. The second-order valence-corrected chi connectivity index (χ2v) is 4.94. The summed E-state index contributed by atoms with van der Waals surface area (Å²) in [6.45, 7) is 8.95. The van der Waals surface area contributed by atoms with Gasteiger partial charge in [0.05, 0.1) is 0 Å². The molecule has 0 aliphatic carbocycles. The van der Waals surface area contributed by atoms with Gasteiger partial charge in [-0.05, 0) is 46.6 Å². The third kappa shape index (κ3) is 5.50. The predicted octanol–water partition coefficient (Wildman–Crippen LogP) is 2.08. The van der Waals surface area contributed by atoms with E-state index in [1.165, 1.54) is 0 Å². The first kappa shape index (κ1) is 16.4. The van der Waals surface area contributed by atoms with Crippen LogP contribution >= 0.6 is 0 Å². The Kier molecular flexibility index (Phi) is 8.17. The quantitative estimate of drug-likeness (QED) is 0.609. The van der Waals surface area contributed by atoms with Crippen molar-refractivity contribution >= 4 is 5.97 Å². The van der Waals surface area contributed by atoms with E-state index in [0.717, 1.165) is 19.3 Å². The van der Waals surface area contributed by atoms with Crippen LogP contribution in [0.5, 0.6) is 0 Å². The minimum Gasteiger partial charge on any atom is -0.480 e. The molecule has 0 bridgehead atoms. The van der Waals surface area contributed by atoms with Gasteiger partial charge in [0.25, 0.3) is 0 Å². The number of hydrogen-bond donors (Lipinski definition) is 2. The molecule has 0 aromatic carbocycles. The molecular weight excluding hydrogens is 216 g/mol. The summed E-state index contributed by atoms with van der Waals surface area (Å²) in [5.74, 6) is -0.712. The van der Waals surface area contributed by atoms with Crippen LogP contribution in [0.25, 0.3) is 0 Å². The zero-order chi connectivity index (χ0) is 13.4. The number of unbranched alkanes of at least 4 members (excludes halogenated alkanes) is 1. The van der Waals surface area contributed by atoms with E-state index in [1.54, 1.807) is 0 Å². The van der Waals surface area contributed by atoms with Crippen LogP contribution in [0.4, 0.5) is 0 Å². The molecule has 0 saturated carbocycles. The second kappa shape index (κ2) is 8.48. The highest BCUT2D eigenvalue weighted by Crippen LogP contribution is 2.18. The molecule has 0 aliphatic heterocycles. The first-order valence-electron chi connectivity index (χ1n) is 6.65. The number of carboxylic acids is 1. The van der Waals surface area contributed by atoms with Gasteiger partial charge in [0.2, 0.25) is 0 Å². The molecule has 2 atom stereocenters. The summed E-state index contributed by atoms with van der Waals surface area (Å²) in [4.78, 5) is 13.5. The third-order valence-electron chi connectivity index (χ3n) is 3.27. The molecular formula is C13H28N2O2. The van der Waals surface area contributed by atoms with E-state index in [9.17, 15) is 9.90 Å². The highest BCUT2D eigenvalue weighted by Gasteiger charge is 2.29. The van der Waals surface area contributed by atoms with Gasteiger partial charge < -0.3 is 10.8 Å². The van der Waals surface area contributed by atoms with E-state index in [-0.39, 0.29) is 12.1 Å². The third-order valence-corrected chi connectivity index (χ3v) is 3.27. The average Bonchev–Trinajstić information content (AvgIpc) is 2.26. The van der Waals surface area contributed by atoms with Gasteiger partial charge in [0.15, 0.2) is 0 Å². The predicted molar refractivity (Wildman–Crippen MR) is 71.1 cm³/mol. The Bertz CT molecular complexity index is 219. The fraction of sp³-hybridized carbons (Fsp3) is 0.923. The van der Waals surface area contributed by atoms with Crippen molar-refractivity contribution in [2.24, 2.45) is 5.73 Å². The lowest BCUT2D eigenvalue weighted by Crippen LogP contribution is -2.49. The van der Waals surface area contributed by atoms with E-state index >= 15 is 0 Å². The van der Waals surface area contributed by atoms with Gasteiger partial charge in [0, 0.05) is 12.1 Å². The van der Waals surface area contributed by atoms with Crippen LogP contribution in [0.1, 0.15) is 53.4 Å². The van der Waals surface area contributed by atoms with Gasteiger partial charge in [0.1, 0.15) is 6.04 Å². The van der Waals surface area contributed by atoms with Gasteiger partial charge in [-0.3, -0.25) is 9.69 Å². The standard InChI is InChI=1S/C13H28N2O2/c1-5-11(4)15(10(2)3)12(13(16)17)8-6-7-9-14/h10-12H,5-9,14H2,1-4H3,(H,16,17). The maximum Gasteiger partial charge on any atom is 0.320 e. The van der Waals surface area contributed by atoms with Crippen LogP contribution < -0.4 is 5.73 Å². The lowest BCUT2D eigenvalue weighted by atomic mass is 10.0. The summed E-state index contributed by atoms with van der Waals surface area (Å²) in [5.41, 5.74) is 5.45. The van der Waals surface area contributed by atoms with Gasteiger partial charge in [-0.2, -0.15) is 0 Å². The molecule has 0 saturated heterocycles. The smallest absolute Gasteiger partial charge is 0.320 e. The van der Waals surface area contributed by atoms with Crippen molar-refractivity contribution in [3.8, 4) is 0 Å². The van der Waals surface area contributed by atoms with Gasteiger partial charge in [-0.1, -0.05) is 13.3 Å². The minimum absolute atomic E-state index is 0.254. The Morgan fingerprint density at radius 2 is 1.88 bits per heavy atom. The Balaban J connectivity index is 4.65. The summed E-state index contributed by atoms with van der Waals surface area (Å²) >= 11 is 0. The first-order chi connectivity index (χ1) is 7.95. The number of carbonyl (C=O) groups is 1. The van der Waals surface area contributed by atoms with Crippen molar-refractivity contribution in [3.63, 3.8) is 0 Å². The molecule has 0 aromatic rings. The monoisotopic (exact) mass is 244 g/mol. The number of nitrogens with zero attached hydrogens (tertiary/aromatic N) is 1. The van der Waals surface area contributed by atoms with Crippen molar-refractivity contribution < 1.29 is 9.90 Å². The zero-order valence-electron chi connectivity index (χ0n) is 11.6. The number of aliphatic carboxylic acids is 1. The number of rotatable bonds is 9. The second-order valence-electron chi connectivity index (χ2n) is 4.94. The number of nitrogens with two attached hydrogens (primary N) is 1. The fourth-order valence-corrected chi connectivity index (χ4v) is 2.27. The highest BCUT2D eigenvalue weighted by atomic mass is 16.4. The summed E-state index contributed by atoms with van der Waals surface area (Å²) in [5, 5.41) is 9.36. The largest absolute Gasteiger partial charge is 0.480 e. The Morgan fingerprint density at radius 1 is 1.29 bits per heavy atom. The first-order valence-corrected chi connectivity index (χ1v) is 6.65. The molecule has 0 radical (unpaired) electrons. The van der Waals surface area contributed by atoms with Crippen molar-refractivity contribution in [3.05, 3.63) is 0 Å². The van der Waals surface area contributed by atoms with Crippen LogP contribution in [-0.4, -0.2) is 40.6 Å². The van der Waals surface area contributed by atoms with Crippen LogP contribution in [0.2, 0.25) is 0 Å². The van der Waals surface area contributed by atoms with Crippen LogP contribution in [0.3, 0.4) is 0 Å². The van der Waals surface area contributed by atoms with E-state index in [4.69, 9.17) is 5.73 Å². The van der Waals surface area contributed by atoms with Crippen LogP contribution in [0, 0.1) is 0 Å². The minimum atomic E-state index is -0.712. The molecule has 0 aliphatic rings.